The molecule has 11 heteroatoms. The number of carbonyl (C=O) groups excluding carboxylic acids is 1. The Labute approximate surface area is 261 Å². The molecular formula is C33H30BrF2N5O3. The fraction of sp³-hybridized carbons (Fsp3) is 0.303. The second-order valence-corrected chi connectivity index (χ2v) is 12.3. The highest BCUT2D eigenvalue weighted by Gasteiger charge is 2.32. The van der Waals surface area contributed by atoms with Crippen molar-refractivity contribution in [2.45, 2.75) is 51.7 Å². The van der Waals surface area contributed by atoms with Crippen molar-refractivity contribution in [3.05, 3.63) is 93.5 Å². The number of ether oxygens (including phenoxy) is 2. The molecule has 1 aliphatic heterocycles. The summed E-state index contributed by atoms with van der Waals surface area (Å²) in [6.07, 6.45) is 7.86. The van der Waals surface area contributed by atoms with E-state index >= 15 is 0 Å². The summed E-state index contributed by atoms with van der Waals surface area (Å²) in [5, 5.41) is 5.34. The van der Waals surface area contributed by atoms with Crippen LogP contribution in [-0.4, -0.2) is 55.7 Å². The lowest BCUT2D eigenvalue weighted by Gasteiger charge is -2.32. The van der Waals surface area contributed by atoms with Gasteiger partial charge in [0.2, 0.25) is 17.4 Å². The Morgan fingerprint density at radius 1 is 1.02 bits per heavy atom. The summed E-state index contributed by atoms with van der Waals surface area (Å²) in [7, 11) is 0. The van der Waals surface area contributed by atoms with Crippen LogP contribution in [0.1, 0.15) is 53.0 Å². The fourth-order valence-corrected chi connectivity index (χ4v) is 6.27. The SMILES string of the molecule is Cc1cc(Oc2c(F)cccc2F)ncc1-n1ncc(C(=O)c2cc3cc(OC4CCN(C5CC5)CC4)c(Br)cc3[nH]2)c1C. The molecule has 0 radical (unpaired) electrons. The average Bonchev–Trinajstić information content (AvgIpc) is 3.67. The number of ketones is 1. The summed E-state index contributed by atoms with van der Waals surface area (Å²) in [6.45, 7) is 5.76. The standard InChI is InChI=1S/C33H30BrF2N5O3/c1-18-12-31(44-33-25(35)4-3-5-26(33)36)37-17-29(18)41-19(2)23(16-38-41)32(42)28-13-20-14-30(24(34)15-27(20)39-28)43-22-8-10-40(11-9-22)21-6-7-21/h3-5,12-17,21-22,39H,6-11H2,1-2H3. The number of benzene rings is 2. The van der Waals surface area contributed by atoms with Crippen LogP contribution in [0, 0.1) is 25.5 Å². The smallest absolute Gasteiger partial charge is 0.219 e. The van der Waals surface area contributed by atoms with Gasteiger partial charge >= 0.3 is 0 Å². The molecule has 1 saturated heterocycles. The van der Waals surface area contributed by atoms with E-state index in [1.807, 2.05) is 18.2 Å². The van der Waals surface area contributed by atoms with E-state index in [4.69, 9.17) is 9.47 Å². The molecule has 0 spiro atoms. The number of aromatic amines is 1. The predicted octanol–water partition coefficient (Wildman–Crippen LogP) is 7.44. The van der Waals surface area contributed by atoms with Crippen molar-refractivity contribution in [1.82, 2.24) is 24.6 Å². The third kappa shape index (κ3) is 5.50. The van der Waals surface area contributed by atoms with Gasteiger partial charge in [0.1, 0.15) is 11.9 Å². The molecule has 0 amide bonds. The maximum Gasteiger partial charge on any atom is 0.219 e. The fourth-order valence-electron chi connectivity index (χ4n) is 5.83. The summed E-state index contributed by atoms with van der Waals surface area (Å²) < 4.78 is 42.3. The van der Waals surface area contributed by atoms with Gasteiger partial charge in [-0.05, 0) is 91.4 Å². The minimum Gasteiger partial charge on any atom is -0.489 e. The number of carbonyl (C=O) groups is 1. The van der Waals surface area contributed by atoms with Crippen molar-refractivity contribution < 1.29 is 23.0 Å². The van der Waals surface area contributed by atoms with Crippen molar-refractivity contribution in [2.75, 3.05) is 13.1 Å². The quantitative estimate of drug-likeness (QED) is 0.174. The topological polar surface area (TPSA) is 85.3 Å². The molecule has 5 aromatic rings. The molecule has 44 heavy (non-hydrogen) atoms. The number of hydrogen-bond acceptors (Lipinski definition) is 6. The molecule has 0 unspecified atom stereocenters. The van der Waals surface area contributed by atoms with Crippen molar-refractivity contribution in [3.8, 4) is 23.1 Å². The van der Waals surface area contributed by atoms with Gasteiger partial charge in [-0.25, -0.2) is 18.4 Å². The third-order valence-corrected chi connectivity index (χ3v) is 9.04. The monoisotopic (exact) mass is 661 g/mol. The van der Waals surface area contributed by atoms with Gasteiger partial charge in [-0.15, -0.1) is 0 Å². The van der Waals surface area contributed by atoms with Gasteiger partial charge in [0.05, 0.1) is 39.5 Å². The minimum atomic E-state index is -0.822. The summed E-state index contributed by atoms with van der Waals surface area (Å²) in [5.74, 6) is -1.55. The summed E-state index contributed by atoms with van der Waals surface area (Å²) in [6, 6.07) is 11.6. The zero-order chi connectivity index (χ0) is 30.5. The molecule has 7 rings (SSSR count). The Hall–Kier alpha value is -4.09. The number of aryl methyl sites for hydroxylation is 1. The first-order valence-electron chi connectivity index (χ1n) is 14.7. The lowest BCUT2D eigenvalue weighted by atomic mass is 10.1. The van der Waals surface area contributed by atoms with Crippen molar-refractivity contribution >= 4 is 32.6 Å². The van der Waals surface area contributed by atoms with Gasteiger partial charge in [0.15, 0.2) is 11.6 Å². The Kier molecular flexibility index (Phi) is 7.45. The van der Waals surface area contributed by atoms with Gasteiger partial charge < -0.3 is 19.4 Å². The minimum absolute atomic E-state index is 0.0349. The lowest BCUT2D eigenvalue weighted by Crippen LogP contribution is -2.39. The number of H-pyrrole nitrogens is 1. The molecule has 1 N–H and O–H groups in total. The second-order valence-electron chi connectivity index (χ2n) is 11.5. The molecule has 2 fully saturated rings. The normalized spacial score (nSPS) is 16.0. The number of likely N-dealkylation sites (tertiary alicyclic amines) is 1. The number of fused-ring (bicyclic) bond motifs is 1. The Morgan fingerprint density at radius 2 is 1.77 bits per heavy atom. The van der Waals surface area contributed by atoms with Crippen molar-refractivity contribution in [3.63, 3.8) is 0 Å². The van der Waals surface area contributed by atoms with Crippen molar-refractivity contribution in [1.29, 1.82) is 0 Å². The largest absolute Gasteiger partial charge is 0.489 e. The van der Waals surface area contributed by atoms with Crippen LogP contribution in [0.5, 0.6) is 17.4 Å². The van der Waals surface area contributed by atoms with Crippen LogP contribution < -0.4 is 9.47 Å². The number of aromatic nitrogens is 4. The number of rotatable bonds is 8. The second kappa shape index (κ2) is 11.4. The van der Waals surface area contributed by atoms with Crippen LogP contribution in [0.4, 0.5) is 8.78 Å². The number of hydrogen-bond donors (Lipinski definition) is 1. The first-order chi connectivity index (χ1) is 21.2. The van der Waals surface area contributed by atoms with E-state index < -0.39 is 17.4 Å². The molecule has 4 heterocycles. The van der Waals surface area contributed by atoms with Crippen LogP contribution in [0.25, 0.3) is 16.6 Å². The molecule has 2 aliphatic rings. The number of halogens is 3. The lowest BCUT2D eigenvalue weighted by molar-refractivity contribution is 0.0961. The Bertz CT molecular complexity index is 1870. The molecule has 3 aromatic heterocycles. The molecule has 226 valence electrons. The molecule has 1 saturated carbocycles. The van der Waals surface area contributed by atoms with Crippen LogP contribution in [0.3, 0.4) is 0 Å². The first kappa shape index (κ1) is 28.7. The highest BCUT2D eigenvalue weighted by molar-refractivity contribution is 9.10. The maximum atomic E-state index is 14.0. The van der Waals surface area contributed by atoms with Crippen LogP contribution in [-0.2, 0) is 0 Å². The van der Waals surface area contributed by atoms with Crippen LogP contribution >= 0.6 is 15.9 Å². The molecule has 1 aliphatic carbocycles. The van der Waals surface area contributed by atoms with Gasteiger partial charge in [0, 0.05) is 36.1 Å². The summed E-state index contributed by atoms with van der Waals surface area (Å²) in [5.41, 5.74) is 3.61. The number of nitrogens with one attached hydrogen (secondary N) is 1. The number of pyridine rings is 1. The Balaban J connectivity index is 1.09. The van der Waals surface area contributed by atoms with Gasteiger partial charge in [-0.2, -0.15) is 5.10 Å². The van der Waals surface area contributed by atoms with E-state index in [0.717, 1.165) is 65.2 Å². The molecule has 8 nitrogen and oxygen atoms in total. The predicted molar refractivity (Wildman–Crippen MR) is 165 cm³/mol. The zero-order valence-electron chi connectivity index (χ0n) is 24.2. The molecule has 2 aromatic carbocycles. The van der Waals surface area contributed by atoms with E-state index in [2.05, 4.69) is 35.9 Å². The number of nitrogens with zero attached hydrogens (tertiary/aromatic N) is 4. The van der Waals surface area contributed by atoms with E-state index in [9.17, 15) is 13.6 Å². The molecular weight excluding hydrogens is 632 g/mol. The summed E-state index contributed by atoms with van der Waals surface area (Å²) in [4.78, 5) is 23.7. The number of piperidine rings is 1. The summed E-state index contributed by atoms with van der Waals surface area (Å²) >= 11 is 3.65. The third-order valence-electron chi connectivity index (χ3n) is 8.42. The van der Waals surface area contributed by atoms with Gasteiger partial charge in [-0.1, -0.05) is 6.07 Å². The number of para-hydroxylation sites is 1. The van der Waals surface area contributed by atoms with E-state index in [0.29, 0.717) is 28.2 Å². The van der Waals surface area contributed by atoms with E-state index in [1.165, 1.54) is 31.3 Å². The molecule has 0 atom stereocenters. The zero-order valence-corrected chi connectivity index (χ0v) is 25.8. The Morgan fingerprint density at radius 3 is 2.48 bits per heavy atom. The van der Waals surface area contributed by atoms with E-state index in [-0.39, 0.29) is 17.8 Å². The van der Waals surface area contributed by atoms with Crippen LogP contribution in [0.15, 0.2) is 59.3 Å². The van der Waals surface area contributed by atoms with Crippen molar-refractivity contribution in [2.24, 2.45) is 0 Å². The average molecular weight is 663 g/mol. The first-order valence-corrected chi connectivity index (χ1v) is 15.5. The molecule has 0 bridgehead atoms. The highest BCUT2D eigenvalue weighted by atomic mass is 79.9. The van der Waals surface area contributed by atoms with E-state index in [1.54, 1.807) is 24.6 Å². The van der Waals surface area contributed by atoms with Gasteiger partial charge in [-0.3, -0.25) is 4.79 Å². The maximum absolute atomic E-state index is 14.0. The van der Waals surface area contributed by atoms with Crippen LogP contribution in [0.2, 0.25) is 0 Å². The van der Waals surface area contributed by atoms with Gasteiger partial charge in [0.25, 0.3) is 0 Å². The highest BCUT2D eigenvalue weighted by Crippen LogP contribution is 2.35.